The lowest BCUT2D eigenvalue weighted by Crippen LogP contribution is -1.70. The van der Waals surface area contributed by atoms with Crippen molar-refractivity contribution in [2.75, 3.05) is 0 Å². The molecule has 0 N–H and O–H groups in total. The van der Waals surface area contributed by atoms with E-state index in [0.29, 0.717) is 0 Å². The Morgan fingerprint density at radius 3 is 2.73 bits per heavy atom. The summed E-state index contributed by atoms with van der Waals surface area (Å²) in [7, 11) is 0. The maximum absolute atomic E-state index is 4.16. The molecule has 0 amide bonds. The summed E-state index contributed by atoms with van der Waals surface area (Å²) in [5, 5.41) is 0. The third kappa shape index (κ3) is 6.78. The van der Waals surface area contributed by atoms with E-state index < -0.39 is 0 Å². The molecule has 0 saturated heterocycles. The predicted octanol–water partition coefficient (Wildman–Crippen LogP) is 3.11. The van der Waals surface area contributed by atoms with Gasteiger partial charge in [0.25, 0.3) is 0 Å². The molecule has 0 heterocycles. The Morgan fingerprint density at radius 2 is 2.18 bits per heavy atom. The third-order valence-electron chi connectivity index (χ3n) is 1.06. The molecule has 11 heavy (non-hydrogen) atoms. The summed E-state index contributed by atoms with van der Waals surface area (Å²) >= 11 is 0. The van der Waals surface area contributed by atoms with E-state index in [2.05, 4.69) is 18.5 Å². The smallest absolute Gasteiger partial charge is 0.0368 e. The Labute approximate surface area is 68.9 Å². The molecule has 0 aromatic carbocycles. The second-order valence-electron chi connectivity index (χ2n) is 2.15. The van der Waals surface area contributed by atoms with Gasteiger partial charge < -0.3 is 0 Å². The van der Waals surface area contributed by atoms with Crippen LogP contribution in [0.1, 0.15) is 20.3 Å². The van der Waals surface area contributed by atoms with Crippen LogP contribution in [0, 0.1) is 0 Å². The molecule has 60 valence electrons. The van der Waals surface area contributed by atoms with Crippen molar-refractivity contribution in [3.05, 3.63) is 36.6 Å². The first-order valence-electron chi connectivity index (χ1n) is 3.79. The molecular weight excluding hydrogens is 134 g/mol. The minimum absolute atomic E-state index is 0.982. The number of hydrogen-bond acceptors (Lipinski definition) is 1. The van der Waals surface area contributed by atoms with Crippen molar-refractivity contribution in [3.8, 4) is 0 Å². The zero-order valence-electron chi connectivity index (χ0n) is 7.25. The summed E-state index contributed by atoms with van der Waals surface area (Å²) in [6.07, 6.45) is 10.4. The highest BCUT2D eigenvalue weighted by Gasteiger charge is 1.75. The second kappa shape index (κ2) is 7.00. The molecule has 1 heteroatoms. The highest BCUT2D eigenvalue weighted by atomic mass is 14.7. The number of hydrogen-bond donors (Lipinski definition) is 0. The van der Waals surface area contributed by atoms with Crippen LogP contribution < -0.4 is 0 Å². The average Bonchev–Trinajstić information content (AvgIpc) is 2.01. The highest BCUT2D eigenvalue weighted by Crippen LogP contribution is 1.93. The first kappa shape index (κ1) is 9.89. The maximum Gasteiger partial charge on any atom is 0.0368 e. The van der Waals surface area contributed by atoms with Crippen molar-refractivity contribution >= 4 is 6.21 Å². The standard InChI is InChI=1S/C10H15N/c1-4-6-7-8-10(3)11-9-5-2/h4,6-9H,1,5H2,2-3H3/b7-6-,10-8+,11-9?. The lowest BCUT2D eigenvalue weighted by Gasteiger charge is -1.86. The number of nitrogens with zero attached hydrogens (tertiary/aromatic N) is 1. The van der Waals surface area contributed by atoms with E-state index in [4.69, 9.17) is 0 Å². The van der Waals surface area contributed by atoms with Crippen LogP contribution in [0.5, 0.6) is 0 Å². The number of aliphatic imine (C=N–C) groups is 1. The molecule has 0 rings (SSSR count). The number of allylic oxidation sites excluding steroid dienone is 5. The molecule has 0 saturated carbocycles. The minimum atomic E-state index is 0.982. The van der Waals surface area contributed by atoms with Crippen molar-refractivity contribution in [2.45, 2.75) is 20.3 Å². The molecular formula is C10H15N. The summed E-state index contributed by atoms with van der Waals surface area (Å²) in [4.78, 5) is 4.16. The number of rotatable bonds is 4. The molecule has 0 aliphatic carbocycles. The van der Waals surface area contributed by atoms with E-state index in [9.17, 15) is 0 Å². The predicted molar refractivity (Wildman–Crippen MR) is 51.9 cm³/mol. The molecule has 0 unspecified atom stereocenters. The summed E-state index contributed by atoms with van der Waals surface area (Å²) in [6.45, 7) is 7.60. The van der Waals surface area contributed by atoms with Gasteiger partial charge >= 0.3 is 0 Å². The summed E-state index contributed by atoms with van der Waals surface area (Å²) in [5.41, 5.74) is 1.02. The van der Waals surface area contributed by atoms with Gasteiger partial charge in [0, 0.05) is 11.9 Å². The fourth-order valence-corrected chi connectivity index (χ4v) is 0.552. The average molecular weight is 149 g/mol. The van der Waals surface area contributed by atoms with Gasteiger partial charge in [-0.3, -0.25) is 4.99 Å². The minimum Gasteiger partial charge on any atom is -0.266 e. The van der Waals surface area contributed by atoms with E-state index in [1.165, 1.54) is 0 Å². The first-order chi connectivity index (χ1) is 5.31. The molecule has 0 aliphatic heterocycles. The van der Waals surface area contributed by atoms with Gasteiger partial charge in [0.15, 0.2) is 0 Å². The van der Waals surface area contributed by atoms with Crippen LogP contribution in [-0.4, -0.2) is 6.21 Å². The van der Waals surface area contributed by atoms with Crippen molar-refractivity contribution < 1.29 is 0 Å². The quantitative estimate of drug-likeness (QED) is 0.430. The largest absolute Gasteiger partial charge is 0.266 e. The van der Waals surface area contributed by atoms with Gasteiger partial charge in [0.2, 0.25) is 0 Å². The van der Waals surface area contributed by atoms with Crippen LogP contribution in [0.2, 0.25) is 0 Å². The Bertz CT molecular complexity index is 185. The highest BCUT2D eigenvalue weighted by molar-refractivity contribution is 5.58. The van der Waals surface area contributed by atoms with Crippen molar-refractivity contribution in [3.63, 3.8) is 0 Å². The molecule has 0 aliphatic rings. The fraction of sp³-hybridized carbons (Fsp3) is 0.300. The van der Waals surface area contributed by atoms with Crippen LogP contribution in [-0.2, 0) is 0 Å². The van der Waals surface area contributed by atoms with Crippen LogP contribution in [0.3, 0.4) is 0 Å². The van der Waals surface area contributed by atoms with E-state index >= 15 is 0 Å². The van der Waals surface area contributed by atoms with Gasteiger partial charge in [0.1, 0.15) is 0 Å². The van der Waals surface area contributed by atoms with Crippen molar-refractivity contribution in [1.82, 2.24) is 0 Å². The molecule has 0 fully saturated rings. The van der Waals surface area contributed by atoms with Crippen LogP contribution in [0.4, 0.5) is 0 Å². The van der Waals surface area contributed by atoms with Crippen LogP contribution >= 0.6 is 0 Å². The van der Waals surface area contributed by atoms with Gasteiger partial charge in [-0.25, -0.2) is 0 Å². The zero-order chi connectivity index (χ0) is 8.53. The van der Waals surface area contributed by atoms with E-state index in [1.807, 2.05) is 31.4 Å². The third-order valence-corrected chi connectivity index (χ3v) is 1.06. The molecule has 0 spiro atoms. The van der Waals surface area contributed by atoms with Crippen LogP contribution in [0.15, 0.2) is 41.6 Å². The van der Waals surface area contributed by atoms with Crippen LogP contribution in [0.25, 0.3) is 0 Å². The molecule has 0 aromatic rings. The second-order valence-corrected chi connectivity index (χ2v) is 2.15. The molecule has 1 nitrogen and oxygen atoms in total. The van der Waals surface area contributed by atoms with E-state index in [0.717, 1.165) is 12.1 Å². The molecule has 0 aromatic heterocycles. The molecule has 0 radical (unpaired) electrons. The zero-order valence-corrected chi connectivity index (χ0v) is 7.25. The Kier molecular flexibility index (Phi) is 6.30. The van der Waals surface area contributed by atoms with Gasteiger partial charge in [-0.2, -0.15) is 0 Å². The van der Waals surface area contributed by atoms with Gasteiger partial charge in [0.05, 0.1) is 0 Å². The molecule has 0 bridgehead atoms. The normalized spacial score (nSPS) is 13.1. The lowest BCUT2D eigenvalue weighted by molar-refractivity contribution is 1.25. The Balaban J connectivity index is 3.89. The topological polar surface area (TPSA) is 12.4 Å². The fourth-order valence-electron chi connectivity index (χ4n) is 0.552. The maximum atomic E-state index is 4.16. The van der Waals surface area contributed by atoms with Gasteiger partial charge in [-0.05, 0) is 19.4 Å². The monoisotopic (exact) mass is 149 g/mol. The first-order valence-corrected chi connectivity index (χ1v) is 3.79. The van der Waals surface area contributed by atoms with Gasteiger partial charge in [-0.1, -0.05) is 31.7 Å². The lowest BCUT2D eigenvalue weighted by atomic mass is 10.4. The van der Waals surface area contributed by atoms with Gasteiger partial charge in [-0.15, -0.1) is 0 Å². The summed E-state index contributed by atoms with van der Waals surface area (Å²) in [5.74, 6) is 0. The van der Waals surface area contributed by atoms with E-state index in [-0.39, 0.29) is 0 Å². The Morgan fingerprint density at radius 1 is 1.45 bits per heavy atom. The van der Waals surface area contributed by atoms with E-state index in [1.54, 1.807) is 6.08 Å². The van der Waals surface area contributed by atoms with Crippen molar-refractivity contribution in [1.29, 1.82) is 0 Å². The Hall–Kier alpha value is -1.11. The SMILES string of the molecule is C=C/C=C\C=C(/C)N=CCC. The summed E-state index contributed by atoms with van der Waals surface area (Å²) < 4.78 is 0. The van der Waals surface area contributed by atoms with Crippen molar-refractivity contribution in [2.24, 2.45) is 4.99 Å². The molecule has 0 atom stereocenters. The summed E-state index contributed by atoms with van der Waals surface area (Å²) in [6, 6.07) is 0.